The summed E-state index contributed by atoms with van der Waals surface area (Å²) < 4.78 is 0. The smallest absolute Gasteiger partial charge is 0.0234 e. The van der Waals surface area contributed by atoms with Crippen molar-refractivity contribution in [3.05, 3.63) is 71.8 Å². The van der Waals surface area contributed by atoms with E-state index in [1.54, 1.807) is 11.1 Å². The molecule has 3 saturated heterocycles. The fourth-order valence-electron chi connectivity index (χ4n) is 7.75. The highest BCUT2D eigenvalue weighted by Gasteiger charge is 2.53. The summed E-state index contributed by atoms with van der Waals surface area (Å²) in [6, 6.07) is 23.7. The molecule has 0 amide bonds. The van der Waals surface area contributed by atoms with Gasteiger partial charge in [-0.2, -0.15) is 0 Å². The Labute approximate surface area is 214 Å². The third-order valence-corrected chi connectivity index (χ3v) is 9.61. The van der Waals surface area contributed by atoms with Gasteiger partial charge in [-0.05, 0) is 88.9 Å². The Morgan fingerprint density at radius 1 is 0.771 bits per heavy atom. The lowest BCUT2D eigenvalue weighted by Gasteiger charge is -2.53. The second kappa shape index (κ2) is 11.6. The van der Waals surface area contributed by atoms with E-state index in [2.05, 4.69) is 89.2 Å². The van der Waals surface area contributed by atoms with Gasteiger partial charge in [-0.1, -0.05) is 80.9 Å². The van der Waals surface area contributed by atoms with Crippen LogP contribution in [0.2, 0.25) is 0 Å². The molecule has 2 atom stereocenters. The summed E-state index contributed by atoms with van der Waals surface area (Å²) in [5, 5.41) is 0. The van der Waals surface area contributed by atoms with Crippen LogP contribution in [0.3, 0.4) is 0 Å². The van der Waals surface area contributed by atoms with E-state index >= 15 is 0 Å². The molecule has 3 heterocycles. The first-order valence-corrected chi connectivity index (χ1v) is 14.6. The van der Waals surface area contributed by atoms with Crippen molar-refractivity contribution in [1.82, 2.24) is 14.7 Å². The standard InChI is InChI=1S/C32H47N3/c1-3-33(4-2)20-14-21-34-24-19-32(35-22-12-7-13-23-35)25-29(27-15-8-5-9-16-27)31(34)30(26-32)28-17-10-6-11-18-28/h5-6,8-11,15-18,29-31H,3-4,7,12-14,19-26H2,1-2H3. The number of benzene rings is 2. The first-order valence-electron chi connectivity index (χ1n) is 14.6. The Balaban J connectivity index is 1.52. The molecule has 0 spiro atoms. The van der Waals surface area contributed by atoms with Gasteiger partial charge in [-0.25, -0.2) is 0 Å². The highest BCUT2D eigenvalue weighted by atomic mass is 15.3. The van der Waals surface area contributed by atoms with Crippen LogP contribution in [0.25, 0.3) is 0 Å². The fourth-order valence-corrected chi connectivity index (χ4v) is 7.75. The molecule has 4 aliphatic rings. The van der Waals surface area contributed by atoms with Gasteiger partial charge in [0.05, 0.1) is 0 Å². The molecule has 3 aliphatic heterocycles. The van der Waals surface area contributed by atoms with Crippen LogP contribution in [0, 0.1) is 0 Å². The maximum Gasteiger partial charge on any atom is 0.0234 e. The van der Waals surface area contributed by atoms with Gasteiger partial charge in [-0.3, -0.25) is 9.80 Å². The summed E-state index contributed by atoms with van der Waals surface area (Å²) in [6.07, 6.45) is 9.45. The van der Waals surface area contributed by atoms with Crippen LogP contribution in [-0.2, 0) is 0 Å². The van der Waals surface area contributed by atoms with Crippen molar-refractivity contribution in [3.63, 3.8) is 0 Å². The largest absolute Gasteiger partial charge is 0.304 e. The van der Waals surface area contributed by atoms with E-state index in [1.807, 2.05) is 0 Å². The van der Waals surface area contributed by atoms with Gasteiger partial charge in [0.25, 0.3) is 0 Å². The first-order chi connectivity index (χ1) is 17.2. The molecule has 0 radical (unpaired) electrons. The molecule has 2 aromatic carbocycles. The minimum absolute atomic E-state index is 0.339. The molecular weight excluding hydrogens is 426 g/mol. The second-order valence-electron chi connectivity index (χ2n) is 11.4. The summed E-state index contributed by atoms with van der Waals surface area (Å²) in [4.78, 5) is 8.49. The third-order valence-electron chi connectivity index (χ3n) is 9.61. The monoisotopic (exact) mass is 473 g/mol. The minimum Gasteiger partial charge on any atom is -0.304 e. The van der Waals surface area contributed by atoms with Gasteiger partial charge in [0, 0.05) is 30.0 Å². The molecule has 2 aromatic rings. The van der Waals surface area contributed by atoms with Gasteiger partial charge in [0.1, 0.15) is 0 Å². The predicted octanol–water partition coefficient (Wildman–Crippen LogP) is 6.38. The van der Waals surface area contributed by atoms with Crippen LogP contribution < -0.4 is 0 Å². The van der Waals surface area contributed by atoms with Crippen molar-refractivity contribution in [3.8, 4) is 0 Å². The van der Waals surface area contributed by atoms with Gasteiger partial charge in [0.2, 0.25) is 0 Å². The van der Waals surface area contributed by atoms with Crippen LogP contribution in [0.5, 0.6) is 0 Å². The molecule has 3 nitrogen and oxygen atoms in total. The molecule has 35 heavy (non-hydrogen) atoms. The molecule has 2 bridgehead atoms. The van der Waals surface area contributed by atoms with E-state index in [9.17, 15) is 0 Å². The van der Waals surface area contributed by atoms with Gasteiger partial charge in [0.15, 0.2) is 0 Å². The number of rotatable bonds is 9. The molecule has 0 aromatic heterocycles. The van der Waals surface area contributed by atoms with E-state index in [0.717, 1.165) is 13.1 Å². The first kappa shape index (κ1) is 25.0. The lowest BCUT2D eigenvalue weighted by Crippen LogP contribution is -2.56. The zero-order chi connectivity index (χ0) is 24.1. The summed E-state index contributed by atoms with van der Waals surface area (Å²) >= 11 is 0. The molecule has 0 N–H and O–H groups in total. The van der Waals surface area contributed by atoms with E-state index < -0.39 is 0 Å². The fraction of sp³-hybridized carbons (Fsp3) is 0.625. The molecule has 1 saturated carbocycles. The van der Waals surface area contributed by atoms with Crippen molar-refractivity contribution in [2.24, 2.45) is 0 Å². The minimum atomic E-state index is 0.339. The van der Waals surface area contributed by atoms with Crippen LogP contribution in [-0.4, -0.2) is 72.1 Å². The lowest BCUT2D eigenvalue weighted by molar-refractivity contribution is 0.0160. The lowest BCUT2D eigenvalue weighted by atomic mass is 9.63. The maximum atomic E-state index is 2.96. The molecular formula is C32H47N3. The van der Waals surface area contributed by atoms with E-state index in [4.69, 9.17) is 0 Å². The quantitative estimate of drug-likeness (QED) is 0.418. The number of piperidine rings is 1. The Morgan fingerprint density at radius 3 is 1.89 bits per heavy atom. The summed E-state index contributed by atoms with van der Waals surface area (Å²) in [5.74, 6) is 1.21. The number of hydrogen-bond acceptors (Lipinski definition) is 3. The number of likely N-dealkylation sites (tertiary alicyclic amines) is 1. The van der Waals surface area contributed by atoms with Crippen molar-refractivity contribution in [1.29, 1.82) is 0 Å². The zero-order valence-electron chi connectivity index (χ0n) is 22.2. The molecule has 6 rings (SSSR count). The average molecular weight is 474 g/mol. The van der Waals surface area contributed by atoms with Crippen molar-refractivity contribution < 1.29 is 0 Å². The highest BCUT2D eigenvalue weighted by Crippen LogP contribution is 2.54. The number of hydrogen-bond donors (Lipinski definition) is 0. The van der Waals surface area contributed by atoms with Crippen molar-refractivity contribution in [2.75, 3.05) is 45.8 Å². The third kappa shape index (κ3) is 5.38. The summed E-state index contributed by atoms with van der Waals surface area (Å²) in [7, 11) is 0. The van der Waals surface area contributed by atoms with Crippen LogP contribution in [0.1, 0.15) is 81.8 Å². The SMILES string of the molecule is CCN(CC)CCCN1CCC2(N3CCCCC3)CC(c3ccccc3)C1C(c1ccccc1)C2. The van der Waals surface area contributed by atoms with Crippen molar-refractivity contribution in [2.45, 2.75) is 82.2 Å². The Morgan fingerprint density at radius 2 is 1.34 bits per heavy atom. The highest BCUT2D eigenvalue weighted by molar-refractivity contribution is 5.32. The average Bonchev–Trinajstić information content (AvgIpc) is 3.20. The van der Waals surface area contributed by atoms with Crippen LogP contribution in [0.15, 0.2) is 60.7 Å². The van der Waals surface area contributed by atoms with Gasteiger partial charge < -0.3 is 4.90 Å². The maximum absolute atomic E-state index is 2.96. The van der Waals surface area contributed by atoms with Crippen LogP contribution in [0.4, 0.5) is 0 Å². The number of fused-ring (bicyclic) bond motifs is 4. The molecule has 2 unspecified atom stereocenters. The van der Waals surface area contributed by atoms with Gasteiger partial charge in [-0.15, -0.1) is 0 Å². The predicted molar refractivity (Wildman–Crippen MR) is 148 cm³/mol. The Hall–Kier alpha value is -1.68. The van der Waals surface area contributed by atoms with E-state index in [1.165, 1.54) is 77.7 Å². The Bertz CT molecular complexity index is 838. The van der Waals surface area contributed by atoms with Crippen LogP contribution >= 0.6 is 0 Å². The van der Waals surface area contributed by atoms with E-state index in [-0.39, 0.29) is 0 Å². The normalized spacial score (nSPS) is 30.0. The molecule has 190 valence electrons. The summed E-state index contributed by atoms with van der Waals surface area (Å²) in [6.45, 7) is 13.2. The second-order valence-corrected chi connectivity index (χ2v) is 11.4. The number of nitrogens with zero attached hydrogens (tertiary/aromatic N) is 3. The molecule has 4 fully saturated rings. The van der Waals surface area contributed by atoms with Crippen molar-refractivity contribution >= 4 is 0 Å². The topological polar surface area (TPSA) is 9.72 Å². The summed E-state index contributed by atoms with van der Waals surface area (Å²) in [5.41, 5.74) is 3.47. The zero-order valence-corrected chi connectivity index (χ0v) is 22.2. The molecule has 1 aliphatic carbocycles. The Kier molecular flexibility index (Phi) is 8.27. The van der Waals surface area contributed by atoms with Gasteiger partial charge >= 0.3 is 0 Å². The molecule has 3 heteroatoms. The van der Waals surface area contributed by atoms with E-state index in [0.29, 0.717) is 23.4 Å².